The number of aromatic nitrogens is 2. The summed E-state index contributed by atoms with van der Waals surface area (Å²) in [6.45, 7) is 1.77. The largest absolute Gasteiger partial charge is 0.298 e. The van der Waals surface area contributed by atoms with Crippen molar-refractivity contribution >= 4 is 6.29 Å². The van der Waals surface area contributed by atoms with Crippen molar-refractivity contribution < 1.29 is 9.18 Å². The average molecular weight is 204 g/mol. The Morgan fingerprint density at radius 3 is 2.87 bits per heavy atom. The van der Waals surface area contributed by atoms with E-state index in [2.05, 4.69) is 5.10 Å². The highest BCUT2D eigenvalue weighted by atomic mass is 19.1. The monoisotopic (exact) mass is 204 g/mol. The molecule has 0 N–H and O–H groups in total. The van der Waals surface area contributed by atoms with Crippen molar-refractivity contribution in [2.24, 2.45) is 0 Å². The van der Waals surface area contributed by atoms with Gasteiger partial charge in [0.1, 0.15) is 5.82 Å². The molecule has 0 aliphatic carbocycles. The summed E-state index contributed by atoms with van der Waals surface area (Å²) in [4.78, 5) is 10.6. The molecular formula is C11H9FN2O. The lowest BCUT2D eigenvalue weighted by Gasteiger charge is -2.03. The summed E-state index contributed by atoms with van der Waals surface area (Å²) in [6.07, 6.45) is 2.20. The van der Waals surface area contributed by atoms with Crippen molar-refractivity contribution in [2.45, 2.75) is 6.92 Å². The maximum atomic E-state index is 13.0. The summed E-state index contributed by atoms with van der Waals surface area (Å²) in [6, 6.07) is 6.07. The summed E-state index contributed by atoms with van der Waals surface area (Å²) in [5.74, 6) is -0.324. The number of nitrogens with zero attached hydrogens (tertiary/aromatic N) is 2. The lowest BCUT2D eigenvalue weighted by atomic mass is 10.2. The van der Waals surface area contributed by atoms with Crippen molar-refractivity contribution in [2.75, 3.05) is 0 Å². The number of benzene rings is 1. The SMILES string of the molecule is Cc1c(C=O)cnn1-c1cccc(F)c1. The summed E-state index contributed by atoms with van der Waals surface area (Å²) in [7, 11) is 0. The third-order valence-corrected chi connectivity index (χ3v) is 2.23. The highest BCUT2D eigenvalue weighted by Gasteiger charge is 2.07. The standard InChI is InChI=1S/C11H9FN2O/c1-8-9(7-15)6-13-14(8)11-4-2-3-10(12)5-11/h2-7H,1H3. The first-order valence-electron chi connectivity index (χ1n) is 4.48. The molecule has 0 amide bonds. The molecule has 15 heavy (non-hydrogen) atoms. The van der Waals surface area contributed by atoms with Crippen molar-refractivity contribution in [3.63, 3.8) is 0 Å². The van der Waals surface area contributed by atoms with E-state index < -0.39 is 0 Å². The molecule has 76 valence electrons. The molecule has 1 aromatic heterocycles. The molecule has 0 radical (unpaired) electrons. The van der Waals surface area contributed by atoms with Crippen LogP contribution < -0.4 is 0 Å². The van der Waals surface area contributed by atoms with Crippen LogP contribution in [0.15, 0.2) is 30.5 Å². The van der Waals surface area contributed by atoms with Gasteiger partial charge in [0.25, 0.3) is 0 Å². The van der Waals surface area contributed by atoms with Gasteiger partial charge in [-0.3, -0.25) is 4.79 Å². The van der Waals surface area contributed by atoms with Gasteiger partial charge in [-0.1, -0.05) is 6.07 Å². The van der Waals surface area contributed by atoms with Crippen LogP contribution in [0, 0.1) is 12.7 Å². The molecule has 2 rings (SSSR count). The summed E-state index contributed by atoms with van der Waals surface area (Å²) < 4.78 is 14.5. The Bertz CT molecular complexity index is 505. The second-order valence-corrected chi connectivity index (χ2v) is 3.19. The fourth-order valence-electron chi connectivity index (χ4n) is 1.41. The number of hydrogen-bond acceptors (Lipinski definition) is 2. The highest BCUT2D eigenvalue weighted by Crippen LogP contribution is 2.13. The maximum absolute atomic E-state index is 13.0. The van der Waals surface area contributed by atoms with Gasteiger partial charge in [-0.25, -0.2) is 9.07 Å². The Morgan fingerprint density at radius 1 is 1.47 bits per heavy atom. The van der Waals surface area contributed by atoms with E-state index >= 15 is 0 Å². The zero-order valence-electron chi connectivity index (χ0n) is 8.14. The lowest BCUT2D eigenvalue weighted by Crippen LogP contribution is -1.99. The first-order valence-corrected chi connectivity index (χ1v) is 4.48. The molecule has 0 atom stereocenters. The van der Waals surface area contributed by atoms with Gasteiger partial charge in [0.05, 0.1) is 23.1 Å². The number of aldehydes is 1. The molecule has 4 heteroatoms. The minimum atomic E-state index is -0.324. The summed E-state index contributed by atoms with van der Waals surface area (Å²) in [5.41, 5.74) is 1.83. The van der Waals surface area contributed by atoms with Gasteiger partial charge in [0.2, 0.25) is 0 Å². The van der Waals surface area contributed by atoms with E-state index in [0.29, 0.717) is 16.9 Å². The molecule has 1 aromatic carbocycles. The third kappa shape index (κ3) is 1.66. The first-order chi connectivity index (χ1) is 7.22. The van der Waals surface area contributed by atoms with E-state index in [1.807, 2.05) is 0 Å². The quantitative estimate of drug-likeness (QED) is 0.702. The zero-order valence-corrected chi connectivity index (χ0v) is 8.14. The van der Waals surface area contributed by atoms with E-state index in [4.69, 9.17) is 0 Å². The molecule has 0 fully saturated rings. The van der Waals surface area contributed by atoms with Crippen LogP contribution >= 0.6 is 0 Å². The molecule has 3 nitrogen and oxygen atoms in total. The van der Waals surface area contributed by atoms with Crippen LogP contribution in [0.5, 0.6) is 0 Å². The number of carbonyl (C=O) groups excluding carboxylic acids is 1. The van der Waals surface area contributed by atoms with Gasteiger partial charge in [0, 0.05) is 0 Å². The normalized spacial score (nSPS) is 10.3. The Hall–Kier alpha value is -1.97. The topological polar surface area (TPSA) is 34.9 Å². The maximum Gasteiger partial charge on any atom is 0.153 e. The third-order valence-electron chi connectivity index (χ3n) is 2.23. The van der Waals surface area contributed by atoms with E-state index in [1.165, 1.54) is 23.0 Å². The fraction of sp³-hybridized carbons (Fsp3) is 0.0909. The van der Waals surface area contributed by atoms with Gasteiger partial charge >= 0.3 is 0 Å². The van der Waals surface area contributed by atoms with Gasteiger partial charge in [-0.15, -0.1) is 0 Å². The van der Waals surface area contributed by atoms with E-state index in [-0.39, 0.29) is 5.82 Å². The van der Waals surface area contributed by atoms with Crippen molar-refractivity contribution in [1.82, 2.24) is 9.78 Å². The Labute approximate surface area is 86.2 Å². The molecule has 0 aliphatic rings. The lowest BCUT2D eigenvalue weighted by molar-refractivity contribution is 0.112. The molecule has 0 aliphatic heterocycles. The second kappa shape index (κ2) is 3.65. The number of carbonyl (C=O) groups is 1. The zero-order chi connectivity index (χ0) is 10.8. The minimum absolute atomic E-state index is 0.324. The predicted molar refractivity (Wildman–Crippen MR) is 53.6 cm³/mol. The minimum Gasteiger partial charge on any atom is -0.298 e. The smallest absolute Gasteiger partial charge is 0.153 e. The van der Waals surface area contributed by atoms with Gasteiger partial charge in [-0.05, 0) is 25.1 Å². The van der Waals surface area contributed by atoms with Crippen LogP contribution in [-0.2, 0) is 0 Å². The van der Waals surface area contributed by atoms with E-state index in [0.717, 1.165) is 6.29 Å². The molecule has 0 bridgehead atoms. The van der Waals surface area contributed by atoms with Crippen LogP contribution in [0.1, 0.15) is 16.1 Å². The Balaban J connectivity index is 2.54. The van der Waals surface area contributed by atoms with Gasteiger partial charge < -0.3 is 0 Å². The van der Waals surface area contributed by atoms with Crippen molar-refractivity contribution in [3.8, 4) is 5.69 Å². The molecule has 2 aromatic rings. The highest BCUT2D eigenvalue weighted by molar-refractivity contribution is 5.76. The molecule has 0 unspecified atom stereocenters. The van der Waals surface area contributed by atoms with Gasteiger partial charge in [0.15, 0.2) is 6.29 Å². The van der Waals surface area contributed by atoms with Crippen LogP contribution in [0.2, 0.25) is 0 Å². The molecule has 0 spiro atoms. The molecule has 0 saturated carbocycles. The average Bonchev–Trinajstić information content (AvgIpc) is 2.59. The number of halogens is 1. The summed E-state index contributed by atoms with van der Waals surface area (Å²) >= 11 is 0. The first kappa shape index (κ1) is 9.58. The van der Waals surface area contributed by atoms with E-state index in [9.17, 15) is 9.18 Å². The van der Waals surface area contributed by atoms with Crippen molar-refractivity contribution in [3.05, 3.63) is 47.5 Å². The molecule has 0 saturated heterocycles. The molecule has 1 heterocycles. The Morgan fingerprint density at radius 2 is 2.27 bits per heavy atom. The predicted octanol–water partition coefficient (Wildman–Crippen LogP) is 2.13. The van der Waals surface area contributed by atoms with Crippen LogP contribution in [0.4, 0.5) is 4.39 Å². The van der Waals surface area contributed by atoms with Crippen molar-refractivity contribution in [1.29, 1.82) is 0 Å². The summed E-state index contributed by atoms with van der Waals surface area (Å²) in [5, 5.41) is 4.02. The van der Waals surface area contributed by atoms with Crippen LogP contribution in [0.25, 0.3) is 5.69 Å². The number of rotatable bonds is 2. The Kier molecular flexibility index (Phi) is 2.33. The number of hydrogen-bond donors (Lipinski definition) is 0. The molecular weight excluding hydrogens is 195 g/mol. The van der Waals surface area contributed by atoms with Crippen LogP contribution in [-0.4, -0.2) is 16.1 Å². The van der Waals surface area contributed by atoms with Gasteiger partial charge in [-0.2, -0.15) is 5.10 Å². The van der Waals surface area contributed by atoms with E-state index in [1.54, 1.807) is 19.1 Å². The fourth-order valence-corrected chi connectivity index (χ4v) is 1.41. The van der Waals surface area contributed by atoms with Crippen LogP contribution in [0.3, 0.4) is 0 Å². The second-order valence-electron chi connectivity index (χ2n) is 3.19.